The number of carbonyl (C=O) groups is 2. The van der Waals surface area contributed by atoms with Crippen molar-refractivity contribution >= 4 is 23.3 Å². The second kappa shape index (κ2) is 9.91. The molecular formula is C19H21N3O6. The van der Waals surface area contributed by atoms with Crippen molar-refractivity contribution in [1.29, 1.82) is 0 Å². The molecular weight excluding hydrogens is 366 g/mol. The summed E-state index contributed by atoms with van der Waals surface area (Å²) >= 11 is 0. The van der Waals surface area contributed by atoms with Crippen LogP contribution in [0.3, 0.4) is 0 Å². The number of nitro groups is 1. The summed E-state index contributed by atoms with van der Waals surface area (Å²) in [5.74, 6) is -0.636. The van der Waals surface area contributed by atoms with Gasteiger partial charge in [0.25, 0.3) is 11.6 Å². The van der Waals surface area contributed by atoms with E-state index in [9.17, 15) is 19.7 Å². The highest BCUT2D eigenvalue weighted by atomic mass is 16.6. The predicted molar refractivity (Wildman–Crippen MR) is 103 cm³/mol. The third-order valence-corrected chi connectivity index (χ3v) is 3.72. The number of rotatable bonds is 9. The summed E-state index contributed by atoms with van der Waals surface area (Å²) in [5.41, 5.74) is 1.16. The molecule has 0 spiro atoms. The minimum absolute atomic E-state index is 0.0210. The van der Waals surface area contributed by atoms with Crippen LogP contribution in [0.15, 0.2) is 42.5 Å². The number of esters is 1. The molecule has 0 unspecified atom stereocenters. The number of nitro benzene ring substituents is 1. The molecule has 2 aromatic rings. The molecule has 0 radical (unpaired) electrons. The van der Waals surface area contributed by atoms with E-state index in [0.29, 0.717) is 11.4 Å². The van der Waals surface area contributed by atoms with Crippen LogP contribution in [0.4, 0.5) is 11.4 Å². The maximum Gasteiger partial charge on any atom is 0.341 e. The van der Waals surface area contributed by atoms with Crippen molar-refractivity contribution in [3.8, 4) is 5.75 Å². The Labute approximate surface area is 161 Å². The minimum Gasteiger partial charge on any atom is -0.492 e. The van der Waals surface area contributed by atoms with Gasteiger partial charge in [-0.1, -0.05) is 12.1 Å². The molecule has 0 heterocycles. The Balaban J connectivity index is 1.80. The average molecular weight is 387 g/mol. The van der Waals surface area contributed by atoms with E-state index in [1.54, 1.807) is 7.05 Å². The molecule has 0 aliphatic rings. The monoisotopic (exact) mass is 387 g/mol. The van der Waals surface area contributed by atoms with E-state index in [0.717, 1.165) is 11.6 Å². The Morgan fingerprint density at radius 3 is 2.64 bits per heavy atom. The summed E-state index contributed by atoms with van der Waals surface area (Å²) in [7, 11) is 1.57. The highest BCUT2D eigenvalue weighted by Crippen LogP contribution is 2.22. The lowest BCUT2D eigenvalue weighted by molar-refractivity contribution is -0.384. The van der Waals surface area contributed by atoms with Crippen molar-refractivity contribution in [2.75, 3.05) is 32.1 Å². The molecule has 2 aromatic carbocycles. The lowest BCUT2D eigenvalue weighted by atomic mass is 10.1. The largest absolute Gasteiger partial charge is 0.492 e. The van der Waals surface area contributed by atoms with Crippen molar-refractivity contribution < 1.29 is 24.0 Å². The zero-order valence-electron chi connectivity index (χ0n) is 15.6. The van der Waals surface area contributed by atoms with Gasteiger partial charge in [0.05, 0.1) is 17.0 Å². The molecule has 9 nitrogen and oxygen atoms in total. The third kappa shape index (κ3) is 5.97. The highest BCUT2D eigenvalue weighted by Gasteiger charge is 2.18. The van der Waals surface area contributed by atoms with E-state index < -0.39 is 23.4 Å². The Kier molecular flexibility index (Phi) is 7.32. The van der Waals surface area contributed by atoms with E-state index in [-0.39, 0.29) is 24.4 Å². The van der Waals surface area contributed by atoms with Crippen LogP contribution in [0.5, 0.6) is 5.75 Å². The van der Waals surface area contributed by atoms with Crippen LogP contribution in [0.25, 0.3) is 0 Å². The summed E-state index contributed by atoms with van der Waals surface area (Å²) in [6.07, 6.45) is 0. The van der Waals surface area contributed by atoms with Gasteiger partial charge < -0.3 is 20.1 Å². The number of ether oxygens (including phenoxy) is 2. The van der Waals surface area contributed by atoms with Gasteiger partial charge in [0.15, 0.2) is 6.61 Å². The van der Waals surface area contributed by atoms with Gasteiger partial charge in [-0.2, -0.15) is 0 Å². The molecule has 0 aromatic heterocycles. The molecule has 28 heavy (non-hydrogen) atoms. The fourth-order valence-corrected chi connectivity index (χ4v) is 2.36. The average Bonchev–Trinajstić information content (AvgIpc) is 2.68. The number of benzene rings is 2. The van der Waals surface area contributed by atoms with Crippen LogP contribution in [-0.2, 0) is 9.53 Å². The maximum atomic E-state index is 12.2. The van der Waals surface area contributed by atoms with Gasteiger partial charge >= 0.3 is 5.97 Å². The fourth-order valence-electron chi connectivity index (χ4n) is 2.36. The van der Waals surface area contributed by atoms with Gasteiger partial charge in [0.2, 0.25) is 0 Å². The van der Waals surface area contributed by atoms with E-state index >= 15 is 0 Å². The van der Waals surface area contributed by atoms with Crippen LogP contribution < -0.4 is 15.4 Å². The second-order valence-corrected chi connectivity index (χ2v) is 5.83. The maximum absolute atomic E-state index is 12.2. The number of hydrogen-bond acceptors (Lipinski definition) is 7. The number of anilines is 1. The summed E-state index contributed by atoms with van der Waals surface area (Å²) in [4.78, 5) is 34.2. The van der Waals surface area contributed by atoms with Crippen LogP contribution in [0, 0.1) is 17.0 Å². The summed E-state index contributed by atoms with van der Waals surface area (Å²) in [5, 5.41) is 16.2. The summed E-state index contributed by atoms with van der Waals surface area (Å²) < 4.78 is 10.4. The summed E-state index contributed by atoms with van der Waals surface area (Å²) in [6, 6.07) is 11.3. The number of nitrogens with one attached hydrogen (secondary N) is 2. The number of nitrogens with zero attached hydrogens (tertiary/aromatic N) is 1. The zero-order valence-corrected chi connectivity index (χ0v) is 15.6. The smallest absolute Gasteiger partial charge is 0.341 e. The van der Waals surface area contributed by atoms with Gasteiger partial charge in [-0.25, -0.2) is 4.79 Å². The topological polar surface area (TPSA) is 120 Å². The van der Waals surface area contributed by atoms with Gasteiger partial charge in [-0.3, -0.25) is 14.9 Å². The number of aryl methyl sites for hydroxylation is 1. The quantitative estimate of drug-likeness (QED) is 0.293. The molecule has 9 heteroatoms. The molecule has 1 amide bonds. The Hall–Kier alpha value is -3.62. The van der Waals surface area contributed by atoms with Gasteiger partial charge in [-0.05, 0) is 30.7 Å². The Morgan fingerprint density at radius 1 is 1.18 bits per heavy atom. The van der Waals surface area contributed by atoms with Gasteiger partial charge in [-0.15, -0.1) is 0 Å². The molecule has 0 bridgehead atoms. The fraction of sp³-hybridized carbons (Fsp3) is 0.263. The first-order chi connectivity index (χ1) is 13.4. The molecule has 0 saturated carbocycles. The van der Waals surface area contributed by atoms with Crippen LogP contribution in [0.1, 0.15) is 15.9 Å². The number of carbonyl (C=O) groups excluding carboxylic acids is 2. The van der Waals surface area contributed by atoms with Crippen molar-refractivity contribution in [2.45, 2.75) is 6.92 Å². The van der Waals surface area contributed by atoms with Crippen LogP contribution in [0.2, 0.25) is 0 Å². The Bertz CT molecular complexity index is 868. The second-order valence-electron chi connectivity index (χ2n) is 5.83. The Morgan fingerprint density at radius 2 is 1.96 bits per heavy atom. The molecule has 2 N–H and O–H groups in total. The normalized spacial score (nSPS) is 10.1. The van der Waals surface area contributed by atoms with Crippen LogP contribution in [-0.4, -0.2) is 43.6 Å². The highest BCUT2D eigenvalue weighted by molar-refractivity contribution is 5.97. The van der Waals surface area contributed by atoms with Crippen molar-refractivity contribution in [3.63, 3.8) is 0 Å². The molecule has 0 atom stereocenters. The third-order valence-electron chi connectivity index (χ3n) is 3.72. The lowest BCUT2D eigenvalue weighted by Gasteiger charge is -2.10. The molecule has 2 rings (SSSR count). The number of amides is 1. The molecule has 0 saturated heterocycles. The molecule has 148 valence electrons. The zero-order chi connectivity index (χ0) is 20.5. The SMILES string of the molecule is CNc1ccc([N+](=O)[O-])cc1C(=O)OCC(=O)NCCOc1cccc(C)c1. The number of hydrogen-bond donors (Lipinski definition) is 2. The molecule has 0 aliphatic carbocycles. The van der Waals surface area contributed by atoms with E-state index in [4.69, 9.17) is 9.47 Å². The predicted octanol–water partition coefficient (Wildman–Crippen LogP) is 2.30. The lowest BCUT2D eigenvalue weighted by Crippen LogP contribution is -2.32. The van der Waals surface area contributed by atoms with Crippen molar-refractivity contribution in [3.05, 3.63) is 63.7 Å². The number of non-ortho nitro benzene ring substituents is 1. The molecule has 0 fully saturated rings. The van der Waals surface area contributed by atoms with Crippen molar-refractivity contribution in [2.24, 2.45) is 0 Å². The minimum atomic E-state index is -0.834. The summed E-state index contributed by atoms with van der Waals surface area (Å²) in [6.45, 7) is 1.94. The van der Waals surface area contributed by atoms with Gasteiger partial charge in [0, 0.05) is 24.9 Å². The first-order valence-corrected chi connectivity index (χ1v) is 8.50. The van der Waals surface area contributed by atoms with E-state index in [1.165, 1.54) is 12.1 Å². The van der Waals surface area contributed by atoms with Gasteiger partial charge in [0.1, 0.15) is 12.4 Å². The standard InChI is InChI=1S/C19H21N3O6/c1-13-4-3-5-15(10-13)27-9-8-21-18(23)12-28-19(24)16-11-14(22(25)26)6-7-17(16)20-2/h3-7,10-11,20H,8-9,12H2,1-2H3,(H,21,23). The van der Waals surface area contributed by atoms with E-state index in [1.807, 2.05) is 31.2 Å². The molecule has 0 aliphatic heterocycles. The van der Waals surface area contributed by atoms with Crippen LogP contribution >= 0.6 is 0 Å². The first kappa shape index (κ1) is 20.7. The van der Waals surface area contributed by atoms with E-state index in [2.05, 4.69) is 10.6 Å². The first-order valence-electron chi connectivity index (χ1n) is 8.50. The van der Waals surface area contributed by atoms with Crippen molar-refractivity contribution in [1.82, 2.24) is 5.32 Å².